The molecule has 0 unspecified atom stereocenters. The van der Waals surface area contributed by atoms with Gasteiger partial charge in [-0.3, -0.25) is 0 Å². The molecule has 4 heteroatoms. The zero-order valence-corrected chi connectivity index (χ0v) is 2.57. The average Bonchev–Trinajstić information content (AvgIpc) is 0.811. The zero-order valence-electron chi connectivity index (χ0n) is 1.67. The van der Waals surface area contributed by atoms with Gasteiger partial charge in [0.2, 0.25) is 0 Å². The quantitative estimate of drug-likeness (QED) is 0.378. The molecule has 0 saturated heterocycles. The predicted molar refractivity (Wildman–Crippen MR) is 11.0 cm³/mol. The minimum Gasteiger partial charge on any atom is -0.200 e. The summed E-state index contributed by atoms with van der Waals surface area (Å²) in [4.78, 5) is 0. The highest BCUT2D eigenvalue weighted by atomic mass is 32.2. The molecule has 0 N–H and O–H groups in total. The standard InChI is InChI=1S/HO3S/c1-4(2)3/h4H. The molecule has 0 aliphatic carbocycles. The van der Waals surface area contributed by atoms with Crippen LogP contribution in [-0.4, -0.2) is 8.42 Å². The Morgan fingerprint density at radius 2 is 1.25 bits per heavy atom. The lowest BCUT2D eigenvalue weighted by atomic mass is 15.9. The van der Waals surface area contributed by atoms with Crippen molar-refractivity contribution in [1.82, 2.24) is 0 Å². The molecule has 0 amide bonds. The number of thiol groups is 1. The Morgan fingerprint density at radius 3 is 1.25 bits per heavy atom. The van der Waals surface area contributed by atoms with E-state index in [0.717, 1.165) is 0 Å². The third kappa shape index (κ3) is 195. The van der Waals surface area contributed by atoms with Crippen molar-refractivity contribution >= 4 is 11.0 Å². The topological polar surface area (TPSA) is 54.0 Å². The second-order valence-electron chi connectivity index (χ2n) is 0.224. The minimum absolute atomic E-state index is 3.37. The summed E-state index contributed by atoms with van der Waals surface area (Å²) in [6, 6.07) is 0. The summed E-state index contributed by atoms with van der Waals surface area (Å²) in [7, 11) is -3.37. The molecular weight excluding hydrogens is 80.1 g/mol. The summed E-state index contributed by atoms with van der Waals surface area (Å²) in [5, 5.41) is 0. The number of hydrogen-bond acceptors (Lipinski definition) is 2. The fourth-order valence-corrected chi connectivity index (χ4v) is 0. The van der Waals surface area contributed by atoms with Crippen LogP contribution in [0.1, 0.15) is 0 Å². The molecule has 0 heterocycles. The van der Waals surface area contributed by atoms with E-state index in [-0.39, 0.29) is 0 Å². The van der Waals surface area contributed by atoms with Crippen molar-refractivity contribution in [3.63, 3.8) is 0 Å². The van der Waals surface area contributed by atoms with Crippen LogP contribution in [0, 0.1) is 0 Å². The summed E-state index contributed by atoms with van der Waals surface area (Å²) in [6.45, 7) is 0. The highest BCUT2D eigenvalue weighted by Crippen LogP contribution is 1.31. The van der Waals surface area contributed by atoms with E-state index >= 15 is 0 Å². The van der Waals surface area contributed by atoms with Gasteiger partial charge in [-0.05, 0) is 0 Å². The molecule has 0 saturated carbocycles. The zero-order chi connectivity index (χ0) is 3.58. The van der Waals surface area contributed by atoms with Crippen LogP contribution in [0.15, 0.2) is 0 Å². The molecular formula is HO3S. The van der Waals surface area contributed by atoms with Crippen LogP contribution in [0.3, 0.4) is 0 Å². The van der Waals surface area contributed by atoms with Crippen LogP contribution >= 0.6 is 0 Å². The largest absolute Gasteiger partial charge is 0.284 e. The van der Waals surface area contributed by atoms with E-state index in [1.807, 2.05) is 0 Å². The Balaban J connectivity index is 3.51. The van der Waals surface area contributed by atoms with Gasteiger partial charge in [-0.1, -0.05) is 4.55 Å². The van der Waals surface area contributed by atoms with Crippen LogP contribution in [0.4, 0.5) is 0 Å². The molecule has 0 atom stereocenters. The number of hydrogen-bond donors (Lipinski definition) is 1. The maximum absolute atomic E-state index is 8.48. The van der Waals surface area contributed by atoms with Gasteiger partial charge in [-0.2, -0.15) is 0 Å². The highest BCUT2D eigenvalue weighted by molar-refractivity contribution is 7.65. The van der Waals surface area contributed by atoms with E-state index in [4.69, 9.17) is 13.0 Å². The van der Waals surface area contributed by atoms with Crippen molar-refractivity contribution in [2.45, 2.75) is 0 Å². The summed E-state index contributed by atoms with van der Waals surface area (Å²) in [5.41, 5.74) is 0. The van der Waals surface area contributed by atoms with Crippen molar-refractivity contribution in [2.24, 2.45) is 0 Å². The van der Waals surface area contributed by atoms with Crippen LogP contribution in [-0.2, 0) is 15.5 Å². The van der Waals surface area contributed by atoms with Crippen LogP contribution < -0.4 is 0 Å². The Morgan fingerprint density at radius 1 is 1.25 bits per heavy atom. The molecule has 0 aliphatic heterocycles. The van der Waals surface area contributed by atoms with E-state index in [2.05, 4.69) is 0 Å². The molecule has 0 aromatic rings. The lowest BCUT2D eigenvalue weighted by molar-refractivity contribution is 0.438. The Bertz CT molecular complexity index is 51.7. The lowest BCUT2D eigenvalue weighted by Gasteiger charge is -1.36. The van der Waals surface area contributed by atoms with E-state index in [1.54, 1.807) is 0 Å². The van der Waals surface area contributed by atoms with E-state index in [0.29, 0.717) is 0 Å². The fraction of sp³-hybridized carbons (Fsp3) is 0. The van der Waals surface area contributed by atoms with Gasteiger partial charge in [0.25, 0.3) is 11.0 Å². The summed E-state index contributed by atoms with van der Waals surface area (Å²) in [6.07, 6.45) is 0. The summed E-state index contributed by atoms with van der Waals surface area (Å²) in [5.74, 6) is 0. The van der Waals surface area contributed by atoms with Gasteiger partial charge in [-0.15, -0.1) is 0 Å². The van der Waals surface area contributed by atoms with Crippen LogP contribution in [0.5, 0.6) is 0 Å². The van der Waals surface area contributed by atoms with Gasteiger partial charge in [-0.25, -0.2) is 8.42 Å². The summed E-state index contributed by atoms with van der Waals surface area (Å²) >= 11 is 0. The van der Waals surface area contributed by atoms with Gasteiger partial charge in [0.15, 0.2) is 0 Å². The van der Waals surface area contributed by atoms with Crippen molar-refractivity contribution < 1.29 is 13.0 Å². The van der Waals surface area contributed by atoms with Crippen molar-refractivity contribution in [1.29, 1.82) is 0 Å². The van der Waals surface area contributed by atoms with Crippen molar-refractivity contribution in [3.8, 4) is 0 Å². The Labute approximate surface area is 25.0 Å². The maximum Gasteiger partial charge on any atom is 0.284 e. The predicted octanol–water partition coefficient (Wildman–Crippen LogP) is -1.06. The van der Waals surface area contributed by atoms with Crippen molar-refractivity contribution in [2.75, 3.05) is 0 Å². The first-order valence-corrected chi connectivity index (χ1v) is 1.64. The minimum atomic E-state index is -3.37. The van der Waals surface area contributed by atoms with E-state index < -0.39 is 11.0 Å². The second kappa shape index (κ2) is 1.25. The monoisotopic (exact) mass is 81.0 g/mol. The molecule has 3 nitrogen and oxygen atoms in total. The molecule has 0 aliphatic rings. The van der Waals surface area contributed by atoms with E-state index in [1.165, 1.54) is 0 Å². The molecule has 1 radical (unpaired) electrons. The highest BCUT2D eigenvalue weighted by Gasteiger charge is 1.50. The molecule has 4 heavy (non-hydrogen) atoms. The first-order valence-electron chi connectivity index (χ1n) is 0.548. The van der Waals surface area contributed by atoms with Gasteiger partial charge < -0.3 is 0 Å². The summed E-state index contributed by atoms with van der Waals surface area (Å²) < 4.78 is 25.4. The SMILES string of the molecule is [O][SH](=O)=O. The van der Waals surface area contributed by atoms with Crippen molar-refractivity contribution in [3.05, 3.63) is 0 Å². The Hall–Kier alpha value is -0.0900. The van der Waals surface area contributed by atoms with Gasteiger partial charge >= 0.3 is 0 Å². The van der Waals surface area contributed by atoms with E-state index in [9.17, 15) is 0 Å². The molecule has 25 valence electrons. The molecule has 0 bridgehead atoms. The Kier molecular flexibility index (Phi) is 1.23. The molecule has 0 aromatic heterocycles. The molecule has 0 fully saturated rings. The van der Waals surface area contributed by atoms with Crippen LogP contribution in [0.25, 0.3) is 0 Å². The smallest absolute Gasteiger partial charge is 0.200 e. The second-order valence-corrected chi connectivity index (χ2v) is 0.671. The maximum atomic E-state index is 8.48. The fourth-order valence-electron chi connectivity index (χ4n) is 0. The van der Waals surface area contributed by atoms with Gasteiger partial charge in [0.1, 0.15) is 0 Å². The third-order valence-electron chi connectivity index (χ3n) is 0. The normalized spacial score (nSPS) is 8.50. The van der Waals surface area contributed by atoms with Crippen LogP contribution in [0.2, 0.25) is 0 Å². The lowest BCUT2D eigenvalue weighted by Crippen LogP contribution is -1.54. The third-order valence-corrected chi connectivity index (χ3v) is 0. The van der Waals surface area contributed by atoms with Gasteiger partial charge in [0.05, 0.1) is 0 Å². The number of rotatable bonds is 0. The first-order chi connectivity index (χ1) is 1.73. The van der Waals surface area contributed by atoms with Gasteiger partial charge in [0, 0.05) is 0 Å². The molecule has 0 spiro atoms. The molecule has 0 rings (SSSR count). The first kappa shape index (κ1) is 3.91. The average molecular weight is 81.1 g/mol. The molecule has 0 aromatic carbocycles.